The van der Waals surface area contributed by atoms with E-state index >= 15 is 0 Å². The third kappa shape index (κ3) is 27.0. The topological polar surface area (TPSA) is 1000 Å². The number of rotatable bonds is 38. The number of hydrogen-bond acceptors (Lipinski definition) is 59. The van der Waals surface area contributed by atoms with E-state index < -0.39 is 448 Å². The summed E-state index contributed by atoms with van der Waals surface area (Å²) in [4.78, 5) is 53.0. The van der Waals surface area contributed by atoms with Crippen molar-refractivity contribution in [2.75, 3.05) is 66.1 Å². The van der Waals surface area contributed by atoms with E-state index in [-0.39, 0.29) is 0 Å². The zero-order chi connectivity index (χ0) is 104. The van der Waals surface area contributed by atoms with Gasteiger partial charge in [0.2, 0.25) is 23.6 Å². The summed E-state index contributed by atoms with van der Waals surface area (Å²) in [5.74, 6) is -4.25. The molecule has 11 aliphatic heterocycles. The molecule has 0 unspecified atom stereocenters. The lowest BCUT2D eigenvalue weighted by Gasteiger charge is -2.52. The maximum absolute atomic E-state index is 13.6. The van der Waals surface area contributed by atoms with E-state index in [9.17, 15) is 188 Å². The van der Waals surface area contributed by atoms with Crippen LogP contribution in [0.25, 0.3) is 0 Å². The molecule has 0 bridgehead atoms. The fraction of sp³-hybridized carbons (Fsp3) is 0.946. The van der Waals surface area contributed by atoms with Crippen molar-refractivity contribution in [1.29, 1.82) is 0 Å². The number of carbonyl (C=O) groups excluding carboxylic acids is 4. The molecule has 65 nitrogen and oxygen atoms in total. The van der Waals surface area contributed by atoms with E-state index in [1.165, 1.54) is 6.92 Å². The average molecular weight is 2110 g/mol. The van der Waals surface area contributed by atoms with Gasteiger partial charge in [-0.25, -0.2) is 8.37 Å². The van der Waals surface area contributed by atoms with Gasteiger partial charge in [-0.05, 0) is 6.92 Å². The highest BCUT2D eigenvalue weighted by Crippen LogP contribution is 2.43. The number of aliphatic hydroxyl groups is 28. The van der Waals surface area contributed by atoms with Crippen LogP contribution in [0.4, 0.5) is 0 Å². The second kappa shape index (κ2) is 50.1. The minimum Gasteiger partial charge on any atom is -0.394 e. The van der Waals surface area contributed by atoms with Crippen molar-refractivity contribution in [3.63, 3.8) is 0 Å². The van der Waals surface area contributed by atoms with Crippen LogP contribution in [0.5, 0.6) is 0 Å². The molecule has 0 saturated carbocycles. The van der Waals surface area contributed by atoms with Crippen LogP contribution in [0.2, 0.25) is 0 Å². The average Bonchev–Trinajstić information content (AvgIpc) is 0.760. The summed E-state index contributed by atoms with van der Waals surface area (Å²) < 4.78 is 201. The molecule has 0 aromatic heterocycles. The number of carbonyl (C=O) groups is 4. The molecule has 11 saturated heterocycles. The molecule has 0 aromatic rings. The van der Waals surface area contributed by atoms with Gasteiger partial charge < -0.3 is 264 Å². The molecule has 0 aromatic carbocycles. The van der Waals surface area contributed by atoms with E-state index in [2.05, 4.69) is 29.6 Å². The lowest BCUT2D eigenvalue weighted by Crippen LogP contribution is -2.72. The first-order valence-electron chi connectivity index (χ1n) is 43.8. The molecule has 11 rings (SSSR count). The van der Waals surface area contributed by atoms with Crippen molar-refractivity contribution in [3.05, 3.63) is 0 Å². The molecule has 67 heteroatoms. The van der Waals surface area contributed by atoms with Gasteiger partial charge in [0.15, 0.2) is 69.2 Å². The van der Waals surface area contributed by atoms with Gasteiger partial charge in [-0.1, -0.05) is 0 Å². The Labute approximate surface area is 797 Å². The van der Waals surface area contributed by atoms with Gasteiger partial charge in [-0.2, -0.15) is 16.8 Å². The first-order chi connectivity index (χ1) is 66.3. The Morgan fingerprint density at radius 3 is 0.950 bits per heavy atom. The number of aliphatic hydroxyl groups excluding tert-OH is 28. The van der Waals surface area contributed by atoms with Crippen molar-refractivity contribution in [2.24, 2.45) is 0 Å². The van der Waals surface area contributed by atoms with E-state index in [0.717, 1.165) is 27.7 Å². The maximum Gasteiger partial charge on any atom is 0.397 e. The van der Waals surface area contributed by atoms with Crippen LogP contribution in [0, 0.1) is 0 Å². The molecule has 11 fully saturated rings. The first kappa shape index (κ1) is 117. The molecule has 818 valence electrons. The van der Waals surface area contributed by atoms with Crippen LogP contribution in [0.1, 0.15) is 34.6 Å². The number of amides is 4. The third-order valence-corrected chi connectivity index (χ3v) is 25.9. The molecule has 0 spiro atoms. The summed E-state index contributed by atoms with van der Waals surface area (Å²) in [6.07, 6.45) is -116. The SMILES string of the molecule is CC(=O)N[C@@H]1[C@@H](O)[C@H](O[C@@H]2O[C@H](CO)[C@@H](O[C@@H]3O[C@H](CO[C@H]4O[C@H](CO)[C@@H](O)[C@H](O[C@H]5O[C@H](CO)[C@@H](O)[C@H](O)[C@@H]5O)[C@@H]4O)[C@@H](O)[C@H](O[C@H]4O[C@H](CO)[C@@H](O[C@@H]5O[C@H](CO)[C@@H](O)[C@H](O[C@@H]6O[C@H](CO)[C@H](OS(=O)(=O)O)[C@H](O)[C@H]6O)[C@H]5NC(C)=O)[C@H](O)[C@@H]4O[C@@H]4O[C@H](CO)[C@@H](O)[C@H](O[C@@H]5O[C@H](CO)[C@H](OS(=O)(=O)O)[C@H](O)[C@H]5O)[C@H]4NC(C)=O)[C@@H]3O)[C@H](O)[C@H]2NC(C)=O)[C@@H](CO[C@@H]2O[C@@H](C)[C@@H](O)[C@@H](O)[C@@H]2O)O[C@H]1O. The zero-order valence-electron chi connectivity index (χ0n) is 74.7. The highest BCUT2D eigenvalue weighted by atomic mass is 32.3. The second-order valence-electron chi connectivity index (χ2n) is 34.8. The second-order valence-corrected chi connectivity index (χ2v) is 36.9. The summed E-state index contributed by atoms with van der Waals surface area (Å²) in [7, 11) is -11.1. The van der Waals surface area contributed by atoms with Gasteiger partial charge in [-0.3, -0.25) is 28.3 Å². The van der Waals surface area contributed by atoms with Crippen molar-refractivity contribution in [2.45, 2.75) is 372 Å². The molecule has 11 heterocycles. The largest absolute Gasteiger partial charge is 0.397 e. The zero-order valence-corrected chi connectivity index (χ0v) is 76.3. The number of nitrogens with one attached hydrogen (secondary N) is 4. The highest BCUT2D eigenvalue weighted by Gasteiger charge is 2.64. The monoisotopic (exact) mass is 2110 g/mol. The minimum atomic E-state index is -5.57. The lowest BCUT2D eigenvalue weighted by atomic mass is 9.93. The normalized spacial score (nSPS) is 48.1. The Balaban J connectivity index is 0.995. The van der Waals surface area contributed by atoms with Crippen LogP contribution in [0.3, 0.4) is 0 Å². The number of ether oxygens (including phenoxy) is 21. The Bertz CT molecular complexity index is 4200. The molecule has 34 N–H and O–H groups in total. The van der Waals surface area contributed by atoms with Crippen molar-refractivity contribution < 1.29 is 296 Å². The number of hydrogen-bond donors (Lipinski definition) is 34. The lowest BCUT2D eigenvalue weighted by molar-refractivity contribution is -0.406. The van der Waals surface area contributed by atoms with Gasteiger partial charge in [0.25, 0.3) is 0 Å². The fourth-order valence-electron chi connectivity index (χ4n) is 17.8. The van der Waals surface area contributed by atoms with Gasteiger partial charge in [0.05, 0.1) is 72.2 Å². The van der Waals surface area contributed by atoms with Gasteiger partial charge in [-0.15, -0.1) is 0 Å². The van der Waals surface area contributed by atoms with Gasteiger partial charge in [0, 0.05) is 27.7 Å². The summed E-state index contributed by atoms with van der Waals surface area (Å²) in [6.45, 7) is -7.97. The van der Waals surface area contributed by atoms with E-state index in [4.69, 9.17) is 99.5 Å². The van der Waals surface area contributed by atoms with E-state index in [0.29, 0.717) is 0 Å². The Kier molecular flexibility index (Phi) is 41.5. The van der Waals surface area contributed by atoms with E-state index in [1.807, 2.05) is 0 Å². The Morgan fingerprint density at radius 1 is 0.234 bits per heavy atom. The molecular formula is C74H124N4O61S2. The molecule has 4 amide bonds. The molecule has 55 atom stereocenters. The summed E-state index contributed by atoms with van der Waals surface area (Å²) in [5, 5.41) is 327. The molecule has 11 aliphatic rings. The van der Waals surface area contributed by atoms with Gasteiger partial charge in [0.1, 0.15) is 262 Å². The van der Waals surface area contributed by atoms with Crippen LogP contribution in [-0.4, -0.2) is 596 Å². The smallest absolute Gasteiger partial charge is 0.394 e. The first-order valence-corrected chi connectivity index (χ1v) is 46.6. The van der Waals surface area contributed by atoms with Crippen LogP contribution < -0.4 is 21.3 Å². The Hall–Kier alpha value is -4.34. The molecule has 0 aliphatic carbocycles. The van der Waals surface area contributed by atoms with Crippen molar-refractivity contribution in [3.8, 4) is 0 Å². The third-order valence-electron chi connectivity index (χ3n) is 24.9. The highest BCUT2D eigenvalue weighted by molar-refractivity contribution is 7.81. The van der Waals surface area contributed by atoms with Crippen LogP contribution >= 0.6 is 0 Å². The fourth-order valence-corrected chi connectivity index (χ4v) is 18.8. The minimum absolute atomic E-state index is 0.791. The molecule has 0 radical (unpaired) electrons. The molecule has 141 heavy (non-hydrogen) atoms. The van der Waals surface area contributed by atoms with Crippen LogP contribution in [0.15, 0.2) is 0 Å². The maximum atomic E-state index is 13.6. The van der Waals surface area contributed by atoms with Gasteiger partial charge >= 0.3 is 20.8 Å². The van der Waals surface area contributed by atoms with Crippen molar-refractivity contribution in [1.82, 2.24) is 21.3 Å². The summed E-state index contributed by atoms with van der Waals surface area (Å²) >= 11 is 0. The quantitative estimate of drug-likeness (QED) is 0.0255. The molecular weight excluding hydrogens is 1980 g/mol. The predicted molar refractivity (Wildman–Crippen MR) is 428 cm³/mol. The Morgan fingerprint density at radius 2 is 0.504 bits per heavy atom. The predicted octanol–water partition coefficient (Wildman–Crippen LogP) is -23.7. The standard InChI is InChI=1S/C74H124N4O61S2/c1-16-35(91)43(99)47(103)68(119-16)118-15-30-56(41(97)31(64(110)120-30)75-17(2)87)131-65-32(76-18(3)88)42(98)54(25(10-83)125-65)132-73-53(109)62(40(96)29(129-73)14-117-69-52(108)61(39(95)24(9-82)123-69)135-70-48(104)44(100)36(92)21(6-79)124-70)136-74-63(137-67-34(78-20(5)90)60(38(94)23(8-81)122-67)134-72-50(106)46(102)58(28(13-86)127-72)139-141(114,115)116)51(107)55(26(11-84)128-74)130-66-33(77-19(4)89)59(37(93)22(7-80)121-66)133-71-49(105)45(101)57(27(12-85)126-71)138-140(111,112)113/h16,21-74,79-86,91-110H,6-15H2,1-5H3,(H,75,87)(H,76,88)(H,77,89)(H,78,90)(H,111,112,113)(H,114,115,116)/t16-,21+,22+,23+,24+,25+,26+,27+,28+,29+,30+,31+,32+,33+,34+,35+,36+,37+,38+,39+,40+,41+,42+,43+,44-,45+,46+,47-,48-,49+,50+,51-,52-,53-,54+,55+,56+,57-,58-,59+,60+,61-,62-,63-,64+,65-,66-,67-,68+,69-,70+,71-,72-,73-,74+/m0/s1. The summed E-state index contributed by atoms with van der Waals surface area (Å²) in [6, 6.07) is -8.43. The summed E-state index contributed by atoms with van der Waals surface area (Å²) in [5.41, 5.74) is 0. The van der Waals surface area contributed by atoms with E-state index in [1.54, 1.807) is 0 Å². The van der Waals surface area contributed by atoms with Crippen LogP contribution in [-0.2, 0) is 148 Å². The van der Waals surface area contributed by atoms with Crippen molar-refractivity contribution >= 4 is 44.4 Å².